The highest BCUT2D eigenvalue weighted by Crippen LogP contribution is 2.15. The molecule has 0 heterocycles. The van der Waals surface area contributed by atoms with Gasteiger partial charge in [-0.1, -0.05) is 18.2 Å². The van der Waals surface area contributed by atoms with Crippen LogP contribution in [0.3, 0.4) is 0 Å². The van der Waals surface area contributed by atoms with Crippen molar-refractivity contribution in [3.05, 3.63) is 59.7 Å². The largest absolute Gasteiger partial charge is 0.322 e. The maximum absolute atomic E-state index is 12.3. The second-order valence-electron chi connectivity index (χ2n) is 5.79. The molecule has 7 heteroatoms. The quantitative estimate of drug-likeness (QED) is 0.830. The zero-order valence-electron chi connectivity index (χ0n) is 14.0. The molecule has 0 aliphatic heterocycles. The first kappa shape index (κ1) is 18.6. The van der Waals surface area contributed by atoms with E-state index in [1.54, 1.807) is 44.2 Å². The van der Waals surface area contributed by atoms with E-state index in [0.717, 1.165) is 5.56 Å². The fourth-order valence-electron chi connectivity index (χ4n) is 2.18. The summed E-state index contributed by atoms with van der Waals surface area (Å²) in [7, 11) is -3.66. The second-order valence-corrected chi connectivity index (χ2v) is 7.50. The minimum atomic E-state index is -3.66. The highest BCUT2D eigenvalue weighted by molar-refractivity contribution is 7.89. The first-order valence-electron chi connectivity index (χ1n) is 7.71. The summed E-state index contributed by atoms with van der Waals surface area (Å²) in [6.45, 7) is 3.45. The third-order valence-corrected chi connectivity index (χ3v) is 4.95. The summed E-state index contributed by atoms with van der Waals surface area (Å²) < 4.78 is 26.9. The highest BCUT2D eigenvalue weighted by atomic mass is 32.2. The fourth-order valence-corrected chi connectivity index (χ4v) is 3.48. The van der Waals surface area contributed by atoms with Crippen molar-refractivity contribution in [3.63, 3.8) is 0 Å². The molecule has 130 valence electrons. The molecule has 0 fully saturated rings. The molecule has 0 saturated heterocycles. The molecule has 2 rings (SSSR count). The van der Waals surface area contributed by atoms with Crippen LogP contribution in [-0.2, 0) is 16.4 Å². The van der Waals surface area contributed by atoms with Gasteiger partial charge in [0.1, 0.15) is 0 Å². The lowest BCUT2D eigenvalue weighted by Crippen LogP contribution is -2.30. The minimum Gasteiger partial charge on any atom is -0.322 e. The van der Waals surface area contributed by atoms with Gasteiger partial charge in [-0.3, -0.25) is 4.79 Å². The molecule has 0 radical (unpaired) electrons. The summed E-state index contributed by atoms with van der Waals surface area (Å²) in [4.78, 5) is 12.4. The molecule has 0 aromatic heterocycles. The normalized spacial score (nSPS) is 11.1. The molecule has 0 bridgehead atoms. The van der Waals surface area contributed by atoms with E-state index in [0.29, 0.717) is 12.1 Å². The number of nitrogens with zero attached hydrogens (tertiary/aromatic N) is 1. The van der Waals surface area contributed by atoms with Gasteiger partial charge < -0.3 is 5.32 Å². The SMILES string of the molecule is CC(C)NS(=O)(=O)c1cccc(C(=O)Nc2ccc(CC#N)cc2)c1. The summed E-state index contributed by atoms with van der Waals surface area (Å²) in [5.74, 6) is -0.408. The number of nitriles is 1. The number of carbonyl (C=O) groups is 1. The first-order valence-corrected chi connectivity index (χ1v) is 9.20. The Hall–Kier alpha value is -2.69. The monoisotopic (exact) mass is 357 g/mol. The molecule has 0 saturated carbocycles. The van der Waals surface area contributed by atoms with E-state index in [1.807, 2.05) is 0 Å². The second kappa shape index (κ2) is 7.92. The summed E-state index contributed by atoms with van der Waals surface area (Å²) in [6, 6.07) is 14.6. The van der Waals surface area contributed by atoms with Gasteiger partial charge in [0.2, 0.25) is 10.0 Å². The third kappa shape index (κ3) is 5.14. The molecule has 0 aliphatic carbocycles. The Kier molecular flexibility index (Phi) is 5.91. The summed E-state index contributed by atoms with van der Waals surface area (Å²) >= 11 is 0. The topological polar surface area (TPSA) is 99.1 Å². The molecule has 2 aromatic carbocycles. The Morgan fingerprint density at radius 1 is 1.16 bits per heavy atom. The van der Waals surface area contributed by atoms with Crippen molar-refractivity contribution in [2.45, 2.75) is 31.2 Å². The number of hydrogen-bond donors (Lipinski definition) is 2. The van der Waals surface area contributed by atoms with Crippen LogP contribution in [0.4, 0.5) is 5.69 Å². The Morgan fingerprint density at radius 2 is 1.84 bits per heavy atom. The maximum atomic E-state index is 12.3. The van der Waals surface area contributed by atoms with Crippen molar-refractivity contribution >= 4 is 21.6 Å². The third-order valence-electron chi connectivity index (χ3n) is 3.29. The Labute approximate surface area is 147 Å². The van der Waals surface area contributed by atoms with Gasteiger partial charge in [0.15, 0.2) is 0 Å². The average Bonchev–Trinajstić information content (AvgIpc) is 2.56. The van der Waals surface area contributed by atoms with Gasteiger partial charge in [0.25, 0.3) is 5.91 Å². The van der Waals surface area contributed by atoms with Crippen LogP contribution in [0.15, 0.2) is 53.4 Å². The van der Waals surface area contributed by atoms with E-state index < -0.39 is 15.9 Å². The van der Waals surface area contributed by atoms with Crippen LogP contribution < -0.4 is 10.0 Å². The highest BCUT2D eigenvalue weighted by Gasteiger charge is 2.17. The molecule has 25 heavy (non-hydrogen) atoms. The minimum absolute atomic E-state index is 0.0400. The van der Waals surface area contributed by atoms with Crippen molar-refractivity contribution in [1.29, 1.82) is 5.26 Å². The predicted octanol–water partition coefficient (Wildman–Crippen LogP) is 2.69. The zero-order valence-corrected chi connectivity index (χ0v) is 14.8. The van der Waals surface area contributed by atoms with Crippen molar-refractivity contribution in [2.75, 3.05) is 5.32 Å². The first-order chi connectivity index (χ1) is 11.8. The number of sulfonamides is 1. The van der Waals surface area contributed by atoms with Crippen LogP contribution in [0.1, 0.15) is 29.8 Å². The lowest BCUT2D eigenvalue weighted by atomic mass is 10.1. The van der Waals surface area contributed by atoms with Gasteiger partial charge in [-0.05, 0) is 49.7 Å². The van der Waals surface area contributed by atoms with E-state index >= 15 is 0 Å². The lowest BCUT2D eigenvalue weighted by molar-refractivity contribution is 0.102. The van der Waals surface area contributed by atoms with Gasteiger partial charge in [-0.15, -0.1) is 0 Å². The number of hydrogen-bond acceptors (Lipinski definition) is 4. The number of carbonyl (C=O) groups excluding carboxylic acids is 1. The lowest BCUT2D eigenvalue weighted by Gasteiger charge is -2.11. The Bertz CT molecular complexity index is 898. The standard InChI is InChI=1S/C18H19N3O3S/c1-13(2)21-25(23,24)17-5-3-4-15(12-17)18(22)20-16-8-6-14(7-9-16)10-11-19/h3-9,12-13,21H,10H2,1-2H3,(H,20,22). The molecule has 2 N–H and O–H groups in total. The van der Waals surface area contributed by atoms with Gasteiger partial charge in [0, 0.05) is 17.3 Å². The van der Waals surface area contributed by atoms with Crippen LogP contribution in [0.2, 0.25) is 0 Å². The molecule has 6 nitrogen and oxygen atoms in total. The molecule has 0 atom stereocenters. The van der Waals surface area contributed by atoms with Crippen LogP contribution in [0.25, 0.3) is 0 Å². The molecule has 0 aliphatic rings. The molecule has 1 amide bonds. The smallest absolute Gasteiger partial charge is 0.255 e. The summed E-state index contributed by atoms with van der Waals surface area (Å²) in [6.07, 6.45) is 0.303. The van der Waals surface area contributed by atoms with Crippen molar-refractivity contribution in [2.24, 2.45) is 0 Å². The van der Waals surface area contributed by atoms with Crippen LogP contribution in [0.5, 0.6) is 0 Å². The van der Waals surface area contributed by atoms with Crippen molar-refractivity contribution in [1.82, 2.24) is 4.72 Å². The van der Waals surface area contributed by atoms with Gasteiger partial charge in [-0.2, -0.15) is 5.26 Å². The van der Waals surface area contributed by atoms with Crippen molar-refractivity contribution < 1.29 is 13.2 Å². The van der Waals surface area contributed by atoms with E-state index in [9.17, 15) is 13.2 Å². The fraction of sp³-hybridized carbons (Fsp3) is 0.222. The van der Waals surface area contributed by atoms with Crippen molar-refractivity contribution in [3.8, 4) is 6.07 Å². The predicted molar refractivity (Wildman–Crippen MR) is 95.6 cm³/mol. The van der Waals surface area contributed by atoms with Crippen LogP contribution in [0, 0.1) is 11.3 Å². The molecule has 0 unspecified atom stereocenters. The Morgan fingerprint density at radius 3 is 2.44 bits per heavy atom. The summed E-state index contributed by atoms with van der Waals surface area (Å²) in [5.41, 5.74) is 1.67. The van der Waals surface area contributed by atoms with E-state index in [-0.39, 0.29) is 16.5 Å². The van der Waals surface area contributed by atoms with Gasteiger partial charge in [0.05, 0.1) is 17.4 Å². The Balaban J connectivity index is 2.17. The number of rotatable bonds is 6. The van der Waals surface area contributed by atoms with E-state index in [1.165, 1.54) is 18.2 Å². The summed E-state index contributed by atoms with van der Waals surface area (Å²) in [5, 5.41) is 11.4. The van der Waals surface area contributed by atoms with Crippen LogP contribution >= 0.6 is 0 Å². The molecule has 2 aromatic rings. The maximum Gasteiger partial charge on any atom is 0.255 e. The van der Waals surface area contributed by atoms with Crippen LogP contribution in [-0.4, -0.2) is 20.4 Å². The van der Waals surface area contributed by atoms with Gasteiger partial charge >= 0.3 is 0 Å². The van der Waals surface area contributed by atoms with E-state index in [4.69, 9.17) is 5.26 Å². The zero-order chi connectivity index (χ0) is 18.4. The van der Waals surface area contributed by atoms with E-state index in [2.05, 4.69) is 16.1 Å². The molecular weight excluding hydrogens is 338 g/mol. The molecule has 0 spiro atoms. The number of anilines is 1. The molecular formula is C18H19N3O3S. The number of amides is 1. The van der Waals surface area contributed by atoms with Gasteiger partial charge in [-0.25, -0.2) is 13.1 Å². The number of benzene rings is 2. The average molecular weight is 357 g/mol. The number of nitrogens with one attached hydrogen (secondary N) is 2.